The third-order valence-corrected chi connectivity index (χ3v) is 5.43. The molecule has 0 saturated carbocycles. The van der Waals surface area contributed by atoms with Crippen molar-refractivity contribution in [2.45, 2.75) is 13.0 Å². The van der Waals surface area contributed by atoms with Crippen molar-refractivity contribution in [3.8, 4) is 11.4 Å². The van der Waals surface area contributed by atoms with Crippen molar-refractivity contribution in [2.24, 2.45) is 0 Å². The summed E-state index contributed by atoms with van der Waals surface area (Å²) in [5, 5.41) is 11.8. The Bertz CT molecular complexity index is 1110. The number of aliphatic hydroxyl groups is 1. The van der Waals surface area contributed by atoms with E-state index in [0.29, 0.717) is 32.6 Å². The van der Waals surface area contributed by atoms with Crippen LogP contribution in [0.5, 0.6) is 0 Å². The molecule has 0 aliphatic heterocycles. The molecule has 0 spiro atoms. The minimum Gasteiger partial charge on any atom is -0.383 e. The van der Waals surface area contributed by atoms with Gasteiger partial charge in [-0.2, -0.15) is 0 Å². The quantitative estimate of drug-likeness (QED) is 0.549. The van der Waals surface area contributed by atoms with Gasteiger partial charge < -0.3 is 10.8 Å². The fourth-order valence-electron chi connectivity index (χ4n) is 2.74. The summed E-state index contributed by atoms with van der Waals surface area (Å²) >= 11 is 7.50. The molecule has 1 aromatic carbocycles. The van der Waals surface area contributed by atoms with Crippen molar-refractivity contribution >= 4 is 39.0 Å². The Morgan fingerprint density at radius 2 is 2.00 bits per heavy atom. The van der Waals surface area contributed by atoms with Crippen LogP contribution in [0, 0.1) is 6.92 Å². The highest BCUT2D eigenvalue weighted by Crippen LogP contribution is 2.36. The Morgan fingerprint density at radius 3 is 2.77 bits per heavy atom. The Kier molecular flexibility index (Phi) is 4.32. The summed E-state index contributed by atoms with van der Waals surface area (Å²) in [5.41, 5.74) is 8.58. The summed E-state index contributed by atoms with van der Waals surface area (Å²) < 4.78 is 0. The molecule has 0 fully saturated rings. The number of hydrogen-bond acceptors (Lipinski definition) is 6. The number of pyridine rings is 1. The third kappa shape index (κ3) is 3.03. The SMILES string of the molecule is Cc1cccc(-c2nc(N)c3cc(C(O)c4ncccc4Cl)sc3n2)c1. The van der Waals surface area contributed by atoms with Crippen molar-refractivity contribution < 1.29 is 5.11 Å². The van der Waals surface area contributed by atoms with Crippen molar-refractivity contribution in [2.75, 3.05) is 5.73 Å². The molecule has 5 nitrogen and oxygen atoms in total. The average molecular weight is 383 g/mol. The predicted octanol–water partition coefficient (Wildman–Crippen LogP) is 4.38. The second-order valence-electron chi connectivity index (χ2n) is 5.94. The molecule has 0 aliphatic carbocycles. The first kappa shape index (κ1) is 16.9. The molecule has 3 heterocycles. The lowest BCUT2D eigenvalue weighted by Crippen LogP contribution is -2.00. The number of halogens is 1. The molecule has 0 amide bonds. The van der Waals surface area contributed by atoms with E-state index in [4.69, 9.17) is 17.3 Å². The van der Waals surface area contributed by atoms with E-state index in [1.165, 1.54) is 11.3 Å². The van der Waals surface area contributed by atoms with E-state index in [0.717, 1.165) is 16.0 Å². The number of nitrogens with zero attached hydrogens (tertiary/aromatic N) is 3. The van der Waals surface area contributed by atoms with E-state index in [2.05, 4.69) is 15.0 Å². The summed E-state index contributed by atoms with van der Waals surface area (Å²) in [4.78, 5) is 14.6. The van der Waals surface area contributed by atoms with Gasteiger partial charge in [-0.05, 0) is 31.2 Å². The maximum absolute atomic E-state index is 10.7. The molecule has 4 aromatic rings. The first-order valence-electron chi connectivity index (χ1n) is 7.95. The van der Waals surface area contributed by atoms with Gasteiger partial charge in [-0.25, -0.2) is 9.97 Å². The minimum absolute atomic E-state index is 0.383. The van der Waals surface area contributed by atoms with Crippen molar-refractivity contribution in [3.05, 3.63) is 69.8 Å². The summed E-state index contributed by atoms with van der Waals surface area (Å²) in [6.07, 6.45) is 0.659. The van der Waals surface area contributed by atoms with Gasteiger partial charge in [0.1, 0.15) is 16.8 Å². The maximum Gasteiger partial charge on any atom is 0.163 e. The Labute approximate surface area is 159 Å². The normalized spacial score (nSPS) is 12.4. The van der Waals surface area contributed by atoms with Crippen molar-refractivity contribution in [3.63, 3.8) is 0 Å². The number of benzene rings is 1. The van der Waals surface area contributed by atoms with Crippen LogP contribution in [0.1, 0.15) is 22.2 Å². The molecule has 0 radical (unpaired) electrons. The zero-order chi connectivity index (χ0) is 18.3. The molecular weight excluding hydrogens is 368 g/mol. The predicted molar refractivity (Wildman–Crippen MR) is 105 cm³/mol. The molecule has 0 saturated heterocycles. The first-order valence-corrected chi connectivity index (χ1v) is 9.15. The molecule has 0 aliphatic rings. The lowest BCUT2D eigenvalue weighted by molar-refractivity contribution is 0.219. The van der Waals surface area contributed by atoms with E-state index >= 15 is 0 Å². The van der Waals surface area contributed by atoms with E-state index in [1.54, 1.807) is 24.4 Å². The van der Waals surface area contributed by atoms with Crippen LogP contribution in [0.3, 0.4) is 0 Å². The standard InChI is InChI=1S/C19H15ClN4OS/c1-10-4-2-5-11(8-10)18-23-17(21)12-9-14(26-19(12)24-18)16(25)15-13(20)6-3-7-22-15/h2-9,16,25H,1H3,(H2,21,23,24). The van der Waals surface area contributed by atoms with Gasteiger partial charge in [0.2, 0.25) is 0 Å². The van der Waals surface area contributed by atoms with Gasteiger partial charge in [0.15, 0.2) is 5.82 Å². The second kappa shape index (κ2) is 6.64. The number of nitrogens with two attached hydrogens (primary N) is 1. The third-order valence-electron chi connectivity index (χ3n) is 4.03. The average Bonchev–Trinajstić information content (AvgIpc) is 3.06. The topological polar surface area (TPSA) is 84.9 Å². The van der Waals surface area contributed by atoms with Crippen LogP contribution >= 0.6 is 22.9 Å². The zero-order valence-electron chi connectivity index (χ0n) is 13.8. The summed E-state index contributed by atoms with van der Waals surface area (Å²) in [7, 11) is 0. The first-order chi connectivity index (χ1) is 12.5. The van der Waals surface area contributed by atoms with E-state index in [-0.39, 0.29) is 0 Å². The highest BCUT2D eigenvalue weighted by molar-refractivity contribution is 7.18. The monoisotopic (exact) mass is 382 g/mol. The molecule has 0 bridgehead atoms. The smallest absolute Gasteiger partial charge is 0.163 e. The molecule has 7 heteroatoms. The molecule has 130 valence electrons. The number of aliphatic hydroxyl groups excluding tert-OH is 1. The van der Waals surface area contributed by atoms with Crippen LogP contribution in [-0.2, 0) is 0 Å². The lowest BCUT2D eigenvalue weighted by Gasteiger charge is -2.08. The van der Waals surface area contributed by atoms with Crippen LogP contribution in [0.15, 0.2) is 48.7 Å². The summed E-state index contributed by atoms with van der Waals surface area (Å²) in [5.74, 6) is 0.950. The van der Waals surface area contributed by atoms with Gasteiger partial charge in [0.25, 0.3) is 0 Å². The number of nitrogen functional groups attached to an aromatic ring is 1. The van der Waals surface area contributed by atoms with Gasteiger partial charge >= 0.3 is 0 Å². The number of hydrogen-bond donors (Lipinski definition) is 2. The van der Waals surface area contributed by atoms with Crippen LogP contribution < -0.4 is 5.73 Å². The molecule has 1 atom stereocenters. The van der Waals surface area contributed by atoms with Gasteiger partial charge in [-0.1, -0.05) is 35.4 Å². The Hall–Kier alpha value is -2.54. The van der Waals surface area contributed by atoms with E-state index in [1.807, 2.05) is 31.2 Å². The van der Waals surface area contributed by atoms with Gasteiger partial charge in [-0.3, -0.25) is 4.98 Å². The van der Waals surface area contributed by atoms with Gasteiger partial charge in [-0.15, -0.1) is 11.3 Å². The van der Waals surface area contributed by atoms with Crippen LogP contribution in [0.4, 0.5) is 5.82 Å². The fraction of sp³-hybridized carbons (Fsp3) is 0.105. The van der Waals surface area contributed by atoms with E-state index < -0.39 is 6.10 Å². The Morgan fingerprint density at radius 1 is 1.15 bits per heavy atom. The summed E-state index contributed by atoms with van der Waals surface area (Å²) in [6, 6.07) is 13.2. The largest absolute Gasteiger partial charge is 0.383 e. The molecule has 26 heavy (non-hydrogen) atoms. The highest BCUT2D eigenvalue weighted by atomic mass is 35.5. The maximum atomic E-state index is 10.7. The fourth-order valence-corrected chi connectivity index (χ4v) is 4.00. The van der Waals surface area contributed by atoms with Gasteiger partial charge in [0.05, 0.1) is 16.1 Å². The Balaban J connectivity index is 1.80. The minimum atomic E-state index is -0.940. The van der Waals surface area contributed by atoms with Crippen molar-refractivity contribution in [1.82, 2.24) is 15.0 Å². The van der Waals surface area contributed by atoms with Crippen LogP contribution in [0.2, 0.25) is 5.02 Å². The molecule has 1 unspecified atom stereocenters. The van der Waals surface area contributed by atoms with Crippen LogP contribution in [0.25, 0.3) is 21.6 Å². The van der Waals surface area contributed by atoms with Gasteiger partial charge in [0, 0.05) is 16.6 Å². The summed E-state index contributed by atoms with van der Waals surface area (Å²) in [6.45, 7) is 2.02. The van der Waals surface area contributed by atoms with Crippen LogP contribution in [-0.4, -0.2) is 20.1 Å². The lowest BCUT2D eigenvalue weighted by atomic mass is 10.1. The number of rotatable bonds is 3. The molecule has 4 rings (SSSR count). The molecular formula is C19H15ClN4OS. The highest BCUT2D eigenvalue weighted by Gasteiger charge is 2.20. The number of thiophene rings is 1. The van der Waals surface area contributed by atoms with E-state index in [9.17, 15) is 5.11 Å². The number of aryl methyl sites for hydroxylation is 1. The second-order valence-corrected chi connectivity index (χ2v) is 7.41. The molecule has 3 N–H and O–H groups in total. The number of fused-ring (bicyclic) bond motifs is 1. The number of aromatic nitrogens is 3. The zero-order valence-corrected chi connectivity index (χ0v) is 15.4. The number of anilines is 1. The molecule has 3 aromatic heterocycles. The van der Waals surface area contributed by atoms with Crippen molar-refractivity contribution in [1.29, 1.82) is 0 Å².